The lowest BCUT2D eigenvalue weighted by Crippen LogP contribution is -2.43. The van der Waals surface area contributed by atoms with Gasteiger partial charge in [-0.3, -0.25) is 0 Å². The van der Waals surface area contributed by atoms with Crippen molar-refractivity contribution in [2.45, 2.75) is 32.0 Å². The van der Waals surface area contributed by atoms with Gasteiger partial charge in [0.15, 0.2) is 0 Å². The van der Waals surface area contributed by atoms with Crippen LogP contribution in [-0.4, -0.2) is 32.2 Å². The van der Waals surface area contributed by atoms with Gasteiger partial charge in [-0.05, 0) is 38.1 Å². The summed E-state index contributed by atoms with van der Waals surface area (Å²) in [5.41, 5.74) is 1.53. The Morgan fingerprint density at radius 1 is 1.06 bits per heavy atom. The molecule has 1 saturated heterocycles. The van der Waals surface area contributed by atoms with Gasteiger partial charge in [0.1, 0.15) is 0 Å². The molecule has 0 spiro atoms. The average molecular weight is 233 g/mol. The van der Waals surface area contributed by atoms with Crippen molar-refractivity contribution in [2.24, 2.45) is 0 Å². The molecule has 0 aliphatic carbocycles. The zero-order valence-electron chi connectivity index (χ0n) is 10.6. The van der Waals surface area contributed by atoms with Crippen molar-refractivity contribution in [3.63, 3.8) is 0 Å². The molecule has 0 aromatic heterocycles. The fraction of sp³-hybridized carbons (Fsp3) is 0.571. The van der Waals surface area contributed by atoms with Crippen LogP contribution in [0.1, 0.15) is 18.4 Å². The first-order valence-electron chi connectivity index (χ1n) is 6.42. The molecule has 0 amide bonds. The Morgan fingerprint density at radius 3 is 2.31 bits per heavy atom. The maximum absolute atomic E-state index is 2.68. The first kappa shape index (κ1) is 11.9. The highest BCUT2D eigenvalue weighted by molar-refractivity contribution is 6.77. The van der Waals surface area contributed by atoms with Gasteiger partial charge in [0.2, 0.25) is 0 Å². The Bertz CT molecular complexity index is 315. The normalized spacial score (nSPS) is 17.9. The van der Waals surface area contributed by atoms with Gasteiger partial charge in [0, 0.05) is 0 Å². The molecule has 1 heterocycles. The molecule has 0 unspecified atom stereocenters. The molecule has 0 saturated carbocycles. The van der Waals surface area contributed by atoms with E-state index in [0.29, 0.717) is 0 Å². The summed E-state index contributed by atoms with van der Waals surface area (Å²) in [6, 6.07) is 12.3. The van der Waals surface area contributed by atoms with Crippen LogP contribution < -0.4 is 0 Å². The number of benzene rings is 1. The van der Waals surface area contributed by atoms with Crippen molar-refractivity contribution < 1.29 is 0 Å². The molecule has 1 nitrogen and oxygen atoms in total. The summed E-state index contributed by atoms with van der Waals surface area (Å²) in [4.78, 5) is 2.68. The first-order valence-corrected chi connectivity index (χ1v) is 9.83. The molecule has 16 heavy (non-hydrogen) atoms. The number of hydrogen-bond acceptors (Lipinski definition) is 1. The van der Waals surface area contributed by atoms with Crippen LogP contribution >= 0.6 is 0 Å². The molecule has 2 rings (SSSR count). The molecule has 0 radical (unpaired) electrons. The van der Waals surface area contributed by atoms with E-state index in [1.165, 1.54) is 43.7 Å². The maximum Gasteiger partial charge on any atom is 0.0672 e. The van der Waals surface area contributed by atoms with E-state index in [-0.39, 0.29) is 0 Å². The summed E-state index contributed by atoms with van der Waals surface area (Å²) in [7, 11) is -1.08. The number of hydrogen-bond donors (Lipinski definition) is 0. The smallest absolute Gasteiger partial charge is 0.0672 e. The van der Waals surface area contributed by atoms with Gasteiger partial charge in [0.25, 0.3) is 0 Å². The lowest BCUT2D eigenvalue weighted by molar-refractivity contribution is 0.388. The van der Waals surface area contributed by atoms with E-state index >= 15 is 0 Å². The third kappa shape index (κ3) is 3.46. The van der Waals surface area contributed by atoms with Crippen LogP contribution in [0.3, 0.4) is 0 Å². The standard InChI is InChI=1S/C14H23NSi/c1-16(2,13-15-10-6-7-11-15)12-14-8-4-3-5-9-14/h3-5,8-9H,6-7,10-13H2,1-2H3. The van der Waals surface area contributed by atoms with E-state index in [1.807, 2.05) is 0 Å². The van der Waals surface area contributed by atoms with Gasteiger partial charge in [-0.1, -0.05) is 49.0 Å². The van der Waals surface area contributed by atoms with Gasteiger partial charge in [-0.25, -0.2) is 0 Å². The summed E-state index contributed by atoms with van der Waals surface area (Å²) in [6.45, 7) is 7.73. The SMILES string of the molecule is C[Si](C)(Cc1ccccc1)CN1CCCC1. The second-order valence-electron chi connectivity index (χ2n) is 5.81. The highest BCUT2D eigenvalue weighted by atomic mass is 28.3. The van der Waals surface area contributed by atoms with Crippen molar-refractivity contribution >= 4 is 8.07 Å². The Balaban J connectivity index is 1.91. The third-order valence-electron chi connectivity index (χ3n) is 3.38. The van der Waals surface area contributed by atoms with Crippen LogP contribution in [0, 0.1) is 0 Å². The zero-order chi connectivity index (χ0) is 11.4. The summed E-state index contributed by atoms with van der Waals surface area (Å²) in [5.74, 6) is 0. The second-order valence-corrected chi connectivity index (χ2v) is 10.8. The van der Waals surface area contributed by atoms with Crippen molar-refractivity contribution in [3.05, 3.63) is 35.9 Å². The largest absolute Gasteiger partial charge is 0.306 e. The van der Waals surface area contributed by atoms with E-state index in [4.69, 9.17) is 0 Å². The Hall–Kier alpha value is -0.603. The molecular weight excluding hydrogens is 210 g/mol. The highest BCUT2D eigenvalue weighted by Gasteiger charge is 2.25. The molecule has 0 N–H and O–H groups in total. The topological polar surface area (TPSA) is 3.24 Å². The summed E-state index contributed by atoms with van der Waals surface area (Å²) >= 11 is 0. The monoisotopic (exact) mass is 233 g/mol. The quantitative estimate of drug-likeness (QED) is 0.722. The Morgan fingerprint density at radius 2 is 1.69 bits per heavy atom. The van der Waals surface area contributed by atoms with Crippen LogP contribution in [0.25, 0.3) is 0 Å². The van der Waals surface area contributed by atoms with E-state index in [2.05, 4.69) is 48.3 Å². The van der Waals surface area contributed by atoms with Gasteiger partial charge < -0.3 is 4.90 Å². The van der Waals surface area contributed by atoms with E-state index in [1.54, 1.807) is 0 Å². The fourth-order valence-electron chi connectivity index (χ4n) is 2.75. The number of rotatable bonds is 4. The van der Waals surface area contributed by atoms with Crippen molar-refractivity contribution in [1.82, 2.24) is 4.90 Å². The van der Waals surface area contributed by atoms with Gasteiger partial charge in [-0.15, -0.1) is 0 Å². The Labute approximate surface area is 100 Å². The fourth-order valence-corrected chi connectivity index (χ4v) is 5.73. The minimum atomic E-state index is -1.08. The first-order chi connectivity index (χ1) is 7.66. The molecule has 1 aliphatic rings. The average Bonchev–Trinajstić information content (AvgIpc) is 2.70. The molecule has 1 fully saturated rings. The second kappa shape index (κ2) is 5.15. The number of nitrogens with zero attached hydrogens (tertiary/aromatic N) is 1. The third-order valence-corrected chi connectivity index (χ3v) is 6.04. The molecule has 0 atom stereocenters. The molecule has 1 aromatic rings. The predicted molar refractivity (Wildman–Crippen MR) is 73.3 cm³/mol. The van der Waals surface area contributed by atoms with Crippen molar-refractivity contribution in [2.75, 3.05) is 19.3 Å². The van der Waals surface area contributed by atoms with E-state index in [9.17, 15) is 0 Å². The van der Waals surface area contributed by atoms with Gasteiger partial charge in [-0.2, -0.15) is 0 Å². The number of likely N-dealkylation sites (tertiary alicyclic amines) is 1. The van der Waals surface area contributed by atoms with Crippen LogP contribution in [0.5, 0.6) is 0 Å². The van der Waals surface area contributed by atoms with Gasteiger partial charge >= 0.3 is 0 Å². The molecule has 1 aliphatic heterocycles. The zero-order valence-corrected chi connectivity index (χ0v) is 11.6. The lowest BCUT2D eigenvalue weighted by Gasteiger charge is -2.28. The molecular formula is C14H23NSi. The highest BCUT2D eigenvalue weighted by Crippen LogP contribution is 2.16. The van der Waals surface area contributed by atoms with Crippen LogP contribution in [0.15, 0.2) is 30.3 Å². The van der Waals surface area contributed by atoms with E-state index in [0.717, 1.165) is 0 Å². The Kier molecular flexibility index (Phi) is 3.82. The lowest BCUT2D eigenvalue weighted by atomic mass is 10.2. The minimum Gasteiger partial charge on any atom is -0.306 e. The van der Waals surface area contributed by atoms with Crippen molar-refractivity contribution in [3.8, 4) is 0 Å². The maximum atomic E-state index is 2.68. The van der Waals surface area contributed by atoms with E-state index < -0.39 is 8.07 Å². The van der Waals surface area contributed by atoms with Crippen molar-refractivity contribution in [1.29, 1.82) is 0 Å². The molecule has 88 valence electrons. The summed E-state index contributed by atoms with van der Waals surface area (Å²) in [5, 5.41) is 0. The molecule has 1 aromatic carbocycles. The summed E-state index contributed by atoms with van der Waals surface area (Å²) in [6.07, 6.45) is 4.20. The van der Waals surface area contributed by atoms with Gasteiger partial charge in [0.05, 0.1) is 8.07 Å². The molecule has 0 bridgehead atoms. The van der Waals surface area contributed by atoms with Crippen LogP contribution in [0.2, 0.25) is 13.1 Å². The minimum absolute atomic E-state index is 1.08. The van der Waals surface area contributed by atoms with Crippen LogP contribution in [-0.2, 0) is 6.04 Å². The molecule has 2 heteroatoms. The predicted octanol–water partition coefficient (Wildman–Crippen LogP) is 3.11. The van der Waals surface area contributed by atoms with Crippen LogP contribution in [0.4, 0.5) is 0 Å². The summed E-state index contributed by atoms with van der Waals surface area (Å²) < 4.78 is 0.